The van der Waals surface area contributed by atoms with Crippen LogP contribution in [0.2, 0.25) is 0 Å². The fourth-order valence-corrected chi connectivity index (χ4v) is 10.7. The molecule has 0 radical (unpaired) electrons. The van der Waals surface area contributed by atoms with Crippen molar-refractivity contribution < 1.29 is 19.2 Å². The number of hydrogen-bond donors (Lipinski definition) is 3. The molecule has 1 unspecified atom stereocenters. The zero-order valence-electron chi connectivity index (χ0n) is 37.0. The lowest BCUT2D eigenvalue weighted by Gasteiger charge is -2.58. The number of nitrogens with zero attached hydrogens (tertiary/aromatic N) is 5. The number of amides is 1. The molecule has 2 aliphatic heterocycles. The number of nitrogens with two attached hydrogens (primary N) is 1. The molecule has 1 spiro atoms. The molecule has 4 aromatic carbocycles. The Morgan fingerprint density at radius 3 is 2.62 bits per heavy atom. The molecule has 3 aliphatic rings. The molecule has 4 heterocycles. The van der Waals surface area contributed by atoms with E-state index in [1.165, 1.54) is 41.7 Å². The van der Waals surface area contributed by atoms with E-state index in [1.54, 1.807) is 25.4 Å². The van der Waals surface area contributed by atoms with Crippen molar-refractivity contribution in [3.05, 3.63) is 141 Å². The first-order chi connectivity index (χ1) is 31.5. The van der Waals surface area contributed by atoms with E-state index in [0.717, 1.165) is 92.1 Å². The quantitative estimate of drug-likeness (QED) is 0.0334. The maximum absolute atomic E-state index is 13.8. The summed E-state index contributed by atoms with van der Waals surface area (Å²) in [4.78, 5) is 40.6. The van der Waals surface area contributed by atoms with Crippen molar-refractivity contribution in [3.63, 3.8) is 0 Å². The molecule has 2 aromatic heterocycles. The summed E-state index contributed by atoms with van der Waals surface area (Å²) in [7, 11) is 1.68. The van der Waals surface area contributed by atoms with Crippen LogP contribution in [0.1, 0.15) is 84.1 Å². The van der Waals surface area contributed by atoms with Gasteiger partial charge >= 0.3 is 0 Å². The summed E-state index contributed by atoms with van der Waals surface area (Å²) in [5.74, 6) is 4.39. The number of nitro benzene ring substituents is 1. The van der Waals surface area contributed by atoms with Crippen LogP contribution in [0, 0.1) is 27.9 Å². The van der Waals surface area contributed by atoms with Gasteiger partial charge in [0.25, 0.3) is 11.6 Å². The summed E-state index contributed by atoms with van der Waals surface area (Å²) in [6.07, 6.45) is 13.7. The number of fused-ring (bicyclic) bond motifs is 1. The SMILES string of the molecule is C#Cc1ccc(CN2CCN(C3CC4(CCN(c5ccc(C(=O)NSc6ccc(N)c([N+](=O)[O-])c6)c(Oc6cnc7[nH]ccc7c6)c5)CC4)C3)C(c3ccccc3C(C)C)C2)cc1OC. The molecule has 334 valence electrons. The molecular weight excluding hydrogens is 837 g/mol. The van der Waals surface area contributed by atoms with Crippen molar-refractivity contribution in [2.75, 3.05) is 50.5 Å². The third-order valence-electron chi connectivity index (χ3n) is 13.6. The first-order valence-corrected chi connectivity index (χ1v) is 23.0. The zero-order valence-corrected chi connectivity index (χ0v) is 37.8. The number of carbonyl (C=O) groups excluding carboxylic acids is 1. The summed E-state index contributed by atoms with van der Waals surface area (Å²) in [5.41, 5.74) is 12.8. The van der Waals surface area contributed by atoms with Gasteiger partial charge in [-0.15, -0.1) is 6.42 Å². The molecule has 9 rings (SSSR count). The van der Waals surface area contributed by atoms with Gasteiger partial charge in [0.2, 0.25) is 0 Å². The molecule has 65 heavy (non-hydrogen) atoms. The highest BCUT2D eigenvalue weighted by molar-refractivity contribution is 7.98. The van der Waals surface area contributed by atoms with Crippen molar-refractivity contribution in [1.29, 1.82) is 0 Å². The van der Waals surface area contributed by atoms with E-state index in [-0.39, 0.29) is 11.4 Å². The number of piperazine rings is 1. The Bertz CT molecular complexity index is 2770. The molecule has 1 atom stereocenters. The molecule has 13 nitrogen and oxygen atoms in total. The van der Waals surface area contributed by atoms with Crippen LogP contribution in [-0.2, 0) is 6.54 Å². The van der Waals surface area contributed by atoms with Gasteiger partial charge in [-0.2, -0.15) is 0 Å². The van der Waals surface area contributed by atoms with Crippen LogP contribution in [-0.4, -0.2) is 76.5 Å². The van der Waals surface area contributed by atoms with E-state index in [9.17, 15) is 14.9 Å². The standard InChI is InChI=1S/C51H54N8O5S/c1-5-35-11-10-34(24-47(35)63-4)31-56-22-23-58(46(32-56)42-9-7-6-8-41(42)33(2)3)38-28-51(29-38)17-20-57(21-18-51)37-12-14-43(48(26-37)64-39-25-36-16-19-53-49(36)54-30-39)50(60)55-65-40-13-15-44(52)45(27-40)59(61)62/h1,6-16,19,24-27,30,33,38,46H,17-18,20-23,28-29,31-32,52H2,2-4H3,(H,53,54)(H,55,60). The molecule has 1 saturated carbocycles. The number of anilines is 2. The molecule has 0 bridgehead atoms. The Hall–Kier alpha value is -6.53. The Morgan fingerprint density at radius 1 is 1.03 bits per heavy atom. The van der Waals surface area contributed by atoms with E-state index in [1.807, 2.05) is 36.5 Å². The van der Waals surface area contributed by atoms with E-state index in [4.69, 9.17) is 21.6 Å². The summed E-state index contributed by atoms with van der Waals surface area (Å²) < 4.78 is 14.9. The lowest BCUT2D eigenvalue weighted by Crippen LogP contribution is -2.60. The van der Waals surface area contributed by atoms with Gasteiger partial charge in [0.1, 0.15) is 28.6 Å². The molecule has 4 N–H and O–H groups in total. The lowest BCUT2D eigenvalue weighted by atomic mass is 9.59. The largest absolute Gasteiger partial charge is 0.495 e. The molecular formula is C51H54N8O5S. The smallest absolute Gasteiger partial charge is 0.293 e. The summed E-state index contributed by atoms with van der Waals surface area (Å²) in [6.45, 7) is 10.2. The van der Waals surface area contributed by atoms with Crippen molar-refractivity contribution in [2.24, 2.45) is 5.41 Å². The maximum Gasteiger partial charge on any atom is 0.293 e. The second-order valence-electron chi connectivity index (χ2n) is 17.9. The Kier molecular flexibility index (Phi) is 12.5. The van der Waals surface area contributed by atoms with Gasteiger partial charge in [0.05, 0.1) is 29.4 Å². The summed E-state index contributed by atoms with van der Waals surface area (Å²) in [5, 5.41) is 12.4. The number of methoxy groups -OCH3 is 1. The first-order valence-electron chi connectivity index (χ1n) is 22.2. The molecule has 2 saturated heterocycles. The van der Waals surface area contributed by atoms with Gasteiger partial charge in [-0.1, -0.05) is 50.1 Å². The van der Waals surface area contributed by atoms with E-state index in [0.29, 0.717) is 45.4 Å². The van der Waals surface area contributed by atoms with Crippen LogP contribution in [0.4, 0.5) is 17.1 Å². The number of aromatic nitrogens is 2. The minimum absolute atomic E-state index is 0.0547. The average molecular weight is 891 g/mol. The second kappa shape index (κ2) is 18.5. The number of nitrogen functional groups attached to an aromatic ring is 1. The third kappa shape index (κ3) is 9.22. The number of nitro groups is 1. The Labute approximate surface area is 384 Å². The Balaban J connectivity index is 0.891. The number of carbonyl (C=O) groups is 1. The number of piperidine rings is 1. The minimum atomic E-state index is -0.540. The predicted molar refractivity (Wildman–Crippen MR) is 257 cm³/mol. The number of terminal acetylenes is 1. The van der Waals surface area contributed by atoms with Crippen molar-refractivity contribution in [1.82, 2.24) is 24.5 Å². The number of benzene rings is 4. The van der Waals surface area contributed by atoms with Gasteiger partial charge in [0, 0.05) is 85.7 Å². The summed E-state index contributed by atoms with van der Waals surface area (Å²) >= 11 is 0.978. The van der Waals surface area contributed by atoms with Crippen molar-refractivity contribution in [3.8, 4) is 29.6 Å². The van der Waals surface area contributed by atoms with Crippen LogP contribution < -0.4 is 24.8 Å². The average Bonchev–Trinajstić information content (AvgIpc) is 3.78. The highest BCUT2D eigenvalue weighted by Gasteiger charge is 2.50. The fourth-order valence-electron chi connectivity index (χ4n) is 10.1. The number of H-pyrrole nitrogens is 1. The van der Waals surface area contributed by atoms with E-state index < -0.39 is 10.8 Å². The van der Waals surface area contributed by atoms with Crippen LogP contribution in [0.25, 0.3) is 11.0 Å². The van der Waals surface area contributed by atoms with Crippen LogP contribution in [0.3, 0.4) is 0 Å². The Morgan fingerprint density at radius 2 is 1.85 bits per heavy atom. The van der Waals surface area contributed by atoms with E-state index >= 15 is 0 Å². The number of nitrogens with one attached hydrogen (secondary N) is 2. The van der Waals surface area contributed by atoms with Crippen LogP contribution >= 0.6 is 11.9 Å². The fraction of sp³-hybridized carbons (Fsp3) is 0.333. The number of rotatable bonds is 13. The van der Waals surface area contributed by atoms with Gasteiger partial charge in [-0.25, -0.2) is 4.98 Å². The highest BCUT2D eigenvalue weighted by Crippen LogP contribution is 2.53. The predicted octanol–water partition coefficient (Wildman–Crippen LogP) is 9.70. The number of ether oxygens (including phenoxy) is 2. The molecule has 14 heteroatoms. The van der Waals surface area contributed by atoms with Crippen molar-refractivity contribution in [2.45, 2.75) is 69.0 Å². The molecule has 6 aromatic rings. The van der Waals surface area contributed by atoms with Gasteiger partial charge < -0.3 is 25.1 Å². The van der Waals surface area contributed by atoms with Crippen LogP contribution in [0.15, 0.2) is 108 Å². The van der Waals surface area contributed by atoms with Crippen molar-refractivity contribution >= 4 is 46.0 Å². The maximum atomic E-state index is 13.8. The lowest BCUT2D eigenvalue weighted by molar-refractivity contribution is -0.384. The first kappa shape index (κ1) is 43.7. The number of pyridine rings is 1. The topological polar surface area (TPSA) is 155 Å². The minimum Gasteiger partial charge on any atom is -0.495 e. The summed E-state index contributed by atoms with van der Waals surface area (Å²) in [6, 6.07) is 30.0. The van der Waals surface area contributed by atoms with Gasteiger partial charge in [0.15, 0.2) is 0 Å². The second-order valence-corrected chi connectivity index (χ2v) is 18.8. The zero-order chi connectivity index (χ0) is 45.2. The molecule has 3 fully saturated rings. The van der Waals surface area contributed by atoms with Gasteiger partial charge in [-0.3, -0.25) is 29.4 Å². The number of hydrogen-bond acceptors (Lipinski definition) is 11. The van der Waals surface area contributed by atoms with Crippen LogP contribution in [0.5, 0.6) is 17.2 Å². The highest BCUT2D eigenvalue weighted by atomic mass is 32.2. The number of aromatic amines is 1. The molecule has 1 amide bonds. The van der Waals surface area contributed by atoms with Gasteiger partial charge in [-0.05, 0) is 114 Å². The normalized spacial score (nSPS) is 17.8. The molecule has 1 aliphatic carbocycles. The van der Waals surface area contributed by atoms with E-state index in [2.05, 4.69) is 85.6 Å². The third-order valence-corrected chi connectivity index (χ3v) is 14.4. The monoisotopic (exact) mass is 890 g/mol.